The molecule has 0 aromatic heterocycles. The Morgan fingerprint density at radius 2 is 1.82 bits per heavy atom. The Balaban J connectivity index is 2.43. The molecule has 0 amide bonds. The highest BCUT2D eigenvalue weighted by molar-refractivity contribution is 7.89. The molecule has 3 N–H and O–H groups in total. The van der Waals surface area contributed by atoms with Crippen molar-refractivity contribution in [2.45, 2.75) is 24.8 Å². The Labute approximate surface area is 101 Å². The molecule has 0 saturated carbocycles. The van der Waals surface area contributed by atoms with Crippen molar-refractivity contribution in [3.63, 3.8) is 0 Å². The third-order valence-corrected chi connectivity index (χ3v) is 4.96. The summed E-state index contributed by atoms with van der Waals surface area (Å²) in [7, 11) is -3.56. The molecule has 0 unspecified atom stereocenters. The van der Waals surface area contributed by atoms with Crippen LogP contribution < -0.4 is 5.73 Å². The minimum atomic E-state index is -3.56. The summed E-state index contributed by atoms with van der Waals surface area (Å²) in [6.07, 6.45) is -0.558. The van der Waals surface area contributed by atoms with E-state index in [1.165, 1.54) is 4.31 Å². The Kier molecular flexibility index (Phi) is 2.89. The molecule has 1 fully saturated rings. The van der Waals surface area contributed by atoms with E-state index in [2.05, 4.69) is 0 Å². The summed E-state index contributed by atoms with van der Waals surface area (Å²) in [5.41, 5.74) is 7.87. The average Bonchev–Trinajstić information content (AvgIpc) is 2.18. The number of hydrogen-bond acceptors (Lipinski definition) is 4. The zero-order valence-electron chi connectivity index (χ0n) is 9.84. The molecule has 1 aromatic rings. The number of β-amino-alcohol motifs (C(OH)–C–C–N with tert-alkyl or cyclic N) is 1. The molecule has 17 heavy (non-hydrogen) atoms. The number of aliphatic hydroxyl groups excluding tert-OH is 1. The van der Waals surface area contributed by atoms with Gasteiger partial charge in [0.15, 0.2) is 0 Å². The van der Waals surface area contributed by atoms with Crippen molar-refractivity contribution < 1.29 is 13.5 Å². The van der Waals surface area contributed by atoms with Gasteiger partial charge < -0.3 is 10.8 Å². The fourth-order valence-corrected chi connectivity index (χ4v) is 3.48. The Morgan fingerprint density at radius 1 is 1.29 bits per heavy atom. The van der Waals surface area contributed by atoms with Gasteiger partial charge in [-0.2, -0.15) is 4.31 Å². The second kappa shape index (κ2) is 3.97. The van der Waals surface area contributed by atoms with Crippen LogP contribution in [0.4, 0.5) is 5.69 Å². The molecule has 1 aliphatic heterocycles. The van der Waals surface area contributed by atoms with Gasteiger partial charge in [-0.05, 0) is 37.1 Å². The second-order valence-corrected chi connectivity index (χ2v) is 6.36. The van der Waals surface area contributed by atoms with E-state index in [-0.39, 0.29) is 23.7 Å². The number of aliphatic hydroxyl groups is 1. The van der Waals surface area contributed by atoms with Gasteiger partial charge in [0, 0.05) is 13.1 Å². The van der Waals surface area contributed by atoms with Crippen molar-refractivity contribution in [2.24, 2.45) is 0 Å². The second-order valence-electron chi connectivity index (χ2n) is 4.45. The summed E-state index contributed by atoms with van der Waals surface area (Å²) < 4.78 is 25.6. The fourth-order valence-electron chi connectivity index (χ4n) is 1.79. The summed E-state index contributed by atoms with van der Waals surface area (Å²) in [5.74, 6) is 0. The Morgan fingerprint density at radius 3 is 2.35 bits per heavy atom. The Bertz CT molecular complexity index is 548. The van der Waals surface area contributed by atoms with Crippen molar-refractivity contribution in [2.75, 3.05) is 18.8 Å². The van der Waals surface area contributed by atoms with E-state index in [1.807, 2.05) is 13.8 Å². The van der Waals surface area contributed by atoms with Gasteiger partial charge in [-0.25, -0.2) is 8.42 Å². The molecule has 0 bridgehead atoms. The molecule has 0 radical (unpaired) electrons. The van der Waals surface area contributed by atoms with Crippen LogP contribution in [-0.4, -0.2) is 37.0 Å². The molecule has 0 aliphatic carbocycles. The smallest absolute Gasteiger partial charge is 0.245 e. The van der Waals surface area contributed by atoms with E-state index in [1.54, 1.807) is 12.1 Å². The average molecular weight is 256 g/mol. The molecule has 6 heteroatoms. The number of benzene rings is 1. The first-order valence-corrected chi connectivity index (χ1v) is 6.81. The van der Waals surface area contributed by atoms with E-state index in [0.29, 0.717) is 0 Å². The van der Waals surface area contributed by atoms with Crippen LogP contribution in [0.5, 0.6) is 0 Å². The van der Waals surface area contributed by atoms with E-state index >= 15 is 0 Å². The molecule has 2 rings (SSSR count). The normalized spacial score (nSPS) is 18.1. The molecular formula is C11H16N2O3S. The summed E-state index contributed by atoms with van der Waals surface area (Å²) in [4.78, 5) is 0.132. The van der Waals surface area contributed by atoms with Gasteiger partial charge in [0.2, 0.25) is 10.0 Å². The minimum Gasteiger partial charge on any atom is -0.398 e. The van der Waals surface area contributed by atoms with Crippen molar-refractivity contribution in [1.82, 2.24) is 4.31 Å². The van der Waals surface area contributed by atoms with Crippen LogP contribution in [0.1, 0.15) is 11.1 Å². The van der Waals surface area contributed by atoms with Crippen LogP contribution in [0, 0.1) is 13.8 Å². The fraction of sp³-hybridized carbons (Fsp3) is 0.455. The number of aryl methyl sites for hydroxylation is 2. The lowest BCUT2D eigenvalue weighted by Gasteiger charge is -2.34. The maximum atomic E-state index is 12.2. The highest BCUT2D eigenvalue weighted by atomic mass is 32.2. The molecule has 1 saturated heterocycles. The predicted molar refractivity (Wildman–Crippen MR) is 65.1 cm³/mol. The van der Waals surface area contributed by atoms with Gasteiger partial charge >= 0.3 is 0 Å². The Hall–Kier alpha value is -1.11. The van der Waals surface area contributed by atoms with Crippen LogP contribution >= 0.6 is 0 Å². The van der Waals surface area contributed by atoms with Gasteiger partial charge in [-0.3, -0.25) is 0 Å². The molecule has 1 aromatic carbocycles. The maximum absolute atomic E-state index is 12.2. The van der Waals surface area contributed by atoms with E-state index in [9.17, 15) is 8.42 Å². The first kappa shape index (κ1) is 12.3. The molecule has 1 heterocycles. The number of nitrogens with zero attached hydrogens (tertiary/aromatic N) is 1. The minimum absolute atomic E-state index is 0.132. The van der Waals surface area contributed by atoms with Crippen LogP contribution in [0.25, 0.3) is 0 Å². The highest BCUT2D eigenvalue weighted by Crippen LogP contribution is 2.28. The van der Waals surface area contributed by atoms with Gasteiger partial charge in [-0.15, -0.1) is 0 Å². The van der Waals surface area contributed by atoms with Gasteiger partial charge in [0.25, 0.3) is 0 Å². The number of rotatable bonds is 2. The monoisotopic (exact) mass is 256 g/mol. The third kappa shape index (κ3) is 2.03. The van der Waals surface area contributed by atoms with Crippen molar-refractivity contribution in [1.29, 1.82) is 0 Å². The van der Waals surface area contributed by atoms with Gasteiger partial charge in [0.1, 0.15) is 4.90 Å². The van der Waals surface area contributed by atoms with Gasteiger partial charge in [-0.1, -0.05) is 0 Å². The zero-order chi connectivity index (χ0) is 12.8. The van der Waals surface area contributed by atoms with Crippen LogP contribution in [0.15, 0.2) is 17.0 Å². The standard InChI is InChI=1S/C11H16N2O3S/c1-7-3-10(12)11(4-8(7)2)17(15,16)13-5-9(14)6-13/h3-4,9,14H,5-6,12H2,1-2H3. The quantitative estimate of drug-likeness (QED) is 0.743. The largest absolute Gasteiger partial charge is 0.398 e. The molecule has 0 atom stereocenters. The summed E-state index contributed by atoms with van der Waals surface area (Å²) in [6, 6.07) is 3.25. The SMILES string of the molecule is Cc1cc(N)c(S(=O)(=O)N2CC(O)C2)cc1C. The number of nitrogen functional groups attached to an aromatic ring is 1. The number of sulfonamides is 1. The lowest BCUT2D eigenvalue weighted by Crippen LogP contribution is -2.53. The first-order valence-electron chi connectivity index (χ1n) is 5.37. The van der Waals surface area contributed by atoms with E-state index in [4.69, 9.17) is 10.8 Å². The van der Waals surface area contributed by atoms with E-state index < -0.39 is 16.1 Å². The van der Waals surface area contributed by atoms with Crippen molar-refractivity contribution >= 4 is 15.7 Å². The molecular weight excluding hydrogens is 240 g/mol. The molecule has 0 spiro atoms. The van der Waals surface area contributed by atoms with Crippen molar-refractivity contribution in [3.05, 3.63) is 23.3 Å². The third-order valence-electron chi connectivity index (χ3n) is 3.07. The number of hydrogen-bond donors (Lipinski definition) is 2. The first-order chi connectivity index (χ1) is 7.82. The maximum Gasteiger partial charge on any atom is 0.245 e. The van der Waals surface area contributed by atoms with Crippen LogP contribution in [0.2, 0.25) is 0 Å². The predicted octanol–water partition coefficient (Wildman–Crippen LogP) is 0.251. The lowest BCUT2D eigenvalue weighted by molar-refractivity contribution is 0.0548. The summed E-state index contributed by atoms with van der Waals surface area (Å²) >= 11 is 0. The van der Waals surface area contributed by atoms with Crippen molar-refractivity contribution in [3.8, 4) is 0 Å². The van der Waals surface area contributed by atoms with E-state index in [0.717, 1.165) is 11.1 Å². The number of nitrogens with two attached hydrogens (primary N) is 1. The number of anilines is 1. The molecule has 5 nitrogen and oxygen atoms in total. The lowest BCUT2D eigenvalue weighted by atomic mass is 10.1. The topological polar surface area (TPSA) is 83.6 Å². The van der Waals surface area contributed by atoms with Gasteiger partial charge in [0.05, 0.1) is 11.8 Å². The summed E-state index contributed by atoms with van der Waals surface area (Å²) in [5, 5.41) is 9.16. The van der Waals surface area contributed by atoms with Crippen LogP contribution in [-0.2, 0) is 10.0 Å². The van der Waals surface area contributed by atoms with Crippen LogP contribution in [0.3, 0.4) is 0 Å². The zero-order valence-corrected chi connectivity index (χ0v) is 10.7. The highest BCUT2D eigenvalue weighted by Gasteiger charge is 2.36. The molecule has 1 aliphatic rings. The summed E-state index contributed by atoms with van der Waals surface area (Å²) in [6.45, 7) is 4.03. The molecule has 94 valence electrons.